The van der Waals surface area contributed by atoms with Gasteiger partial charge in [0.25, 0.3) is 0 Å². The summed E-state index contributed by atoms with van der Waals surface area (Å²) in [5.41, 5.74) is 1.52. The van der Waals surface area contributed by atoms with Crippen LogP contribution in [-0.4, -0.2) is 11.1 Å². The third-order valence-corrected chi connectivity index (χ3v) is 6.19. The van der Waals surface area contributed by atoms with E-state index in [1.165, 1.54) is 103 Å². The van der Waals surface area contributed by atoms with Crippen molar-refractivity contribution in [1.29, 1.82) is 0 Å². The van der Waals surface area contributed by atoms with Crippen LogP contribution < -0.4 is 0 Å². The van der Waals surface area contributed by atoms with Gasteiger partial charge in [-0.1, -0.05) is 135 Å². The molecule has 1 aromatic rings. The fraction of sp³-hybridized carbons (Fsp3) is 0.741. The van der Waals surface area contributed by atoms with Gasteiger partial charge in [-0.2, -0.15) is 0 Å². The highest BCUT2D eigenvalue weighted by Gasteiger charge is 2.15. The van der Waals surface area contributed by atoms with Crippen LogP contribution >= 0.6 is 0 Å². The molecule has 2 nitrogen and oxygen atoms in total. The number of benzene rings is 1. The fourth-order valence-electron chi connectivity index (χ4n) is 4.35. The maximum Gasteiger partial charge on any atom is 0.335 e. The topological polar surface area (TPSA) is 37.3 Å². The zero-order chi connectivity index (χ0) is 21.2. The van der Waals surface area contributed by atoms with Crippen LogP contribution in [0, 0.1) is 5.92 Å². The van der Waals surface area contributed by atoms with Gasteiger partial charge in [0.1, 0.15) is 0 Å². The van der Waals surface area contributed by atoms with Crippen molar-refractivity contribution in [3.8, 4) is 0 Å². The van der Waals surface area contributed by atoms with Gasteiger partial charge in [0.2, 0.25) is 0 Å². The van der Waals surface area contributed by atoms with Crippen LogP contribution in [0.3, 0.4) is 0 Å². The minimum Gasteiger partial charge on any atom is -0.478 e. The Balaban J connectivity index is 2.43. The van der Waals surface area contributed by atoms with Gasteiger partial charge < -0.3 is 5.11 Å². The van der Waals surface area contributed by atoms with E-state index in [1.54, 1.807) is 6.07 Å². The van der Waals surface area contributed by atoms with Gasteiger partial charge in [0.05, 0.1) is 5.56 Å². The highest BCUT2D eigenvalue weighted by Crippen LogP contribution is 2.25. The molecular formula is C27H46O2. The maximum absolute atomic E-state index is 11.6. The molecule has 29 heavy (non-hydrogen) atoms. The number of hydrogen-bond donors (Lipinski definition) is 1. The molecule has 0 saturated carbocycles. The number of aromatic carboxylic acids is 1. The summed E-state index contributed by atoms with van der Waals surface area (Å²) >= 11 is 0. The van der Waals surface area contributed by atoms with E-state index in [0.29, 0.717) is 11.5 Å². The van der Waals surface area contributed by atoms with Crippen LogP contribution in [0.5, 0.6) is 0 Å². The molecule has 1 atom stereocenters. The van der Waals surface area contributed by atoms with E-state index < -0.39 is 5.97 Å². The molecule has 0 aromatic heterocycles. The monoisotopic (exact) mass is 402 g/mol. The highest BCUT2D eigenvalue weighted by molar-refractivity contribution is 5.89. The molecule has 0 heterocycles. The number of rotatable bonds is 19. The Morgan fingerprint density at radius 2 is 1.17 bits per heavy atom. The van der Waals surface area contributed by atoms with Crippen molar-refractivity contribution in [2.24, 2.45) is 5.92 Å². The van der Waals surface area contributed by atoms with E-state index in [0.717, 1.165) is 12.0 Å². The zero-order valence-electron chi connectivity index (χ0n) is 19.3. The van der Waals surface area contributed by atoms with Crippen LogP contribution in [0.4, 0.5) is 0 Å². The van der Waals surface area contributed by atoms with E-state index in [2.05, 4.69) is 13.8 Å². The Hall–Kier alpha value is -1.31. The van der Waals surface area contributed by atoms with Crippen molar-refractivity contribution >= 4 is 5.97 Å². The molecule has 0 fully saturated rings. The van der Waals surface area contributed by atoms with E-state index in [1.807, 2.05) is 18.2 Å². The van der Waals surface area contributed by atoms with Crippen LogP contribution in [0.25, 0.3) is 0 Å². The fourth-order valence-corrected chi connectivity index (χ4v) is 4.35. The number of carbonyl (C=O) groups is 1. The normalized spacial score (nSPS) is 12.2. The first-order valence-electron chi connectivity index (χ1n) is 12.5. The van der Waals surface area contributed by atoms with Gasteiger partial charge in [-0.3, -0.25) is 0 Å². The molecule has 0 aliphatic rings. The second-order valence-electron chi connectivity index (χ2n) is 8.85. The Bertz CT molecular complexity index is 523. The van der Waals surface area contributed by atoms with Crippen LogP contribution in [0.15, 0.2) is 24.3 Å². The first kappa shape index (κ1) is 25.7. The lowest BCUT2D eigenvalue weighted by atomic mass is 9.87. The summed E-state index contributed by atoms with van der Waals surface area (Å²) in [4.78, 5) is 11.6. The van der Waals surface area contributed by atoms with Crippen molar-refractivity contribution in [1.82, 2.24) is 0 Å². The summed E-state index contributed by atoms with van der Waals surface area (Å²) in [7, 11) is 0. The zero-order valence-corrected chi connectivity index (χ0v) is 19.3. The molecule has 0 aliphatic carbocycles. The second-order valence-corrected chi connectivity index (χ2v) is 8.85. The third-order valence-electron chi connectivity index (χ3n) is 6.19. The largest absolute Gasteiger partial charge is 0.478 e. The molecule has 0 amide bonds. The van der Waals surface area contributed by atoms with Gasteiger partial charge in [-0.25, -0.2) is 4.79 Å². The van der Waals surface area contributed by atoms with E-state index in [-0.39, 0.29) is 0 Å². The summed E-state index contributed by atoms with van der Waals surface area (Å²) in [5.74, 6) is -0.159. The number of hydrogen-bond acceptors (Lipinski definition) is 1. The van der Waals surface area contributed by atoms with Crippen molar-refractivity contribution in [2.45, 2.75) is 123 Å². The summed E-state index contributed by atoms with van der Waals surface area (Å²) < 4.78 is 0. The standard InChI is InChI=1S/C27H46O2/c1-3-5-7-9-11-12-14-16-20-24(19-15-13-10-8-6-4-2)23-25-21-17-18-22-26(25)27(28)29/h17-18,21-22,24H,3-16,19-20,23H2,1-2H3,(H,28,29). The SMILES string of the molecule is CCCCCCCCCCC(CCCCCCCC)Cc1ccccc1C(=O)O. The minimum absolute atomic E-state index is 0.497. The molecule has 166 valence electrons. The van der Waals surface area contributed by atoms with Crippen molar-refractivity contribution in [3.63, 3.8) is 0 Å². The van der Waals surface area contributed by atoms with Crippen molar-refractivity contribution < 1.29 is 9.90 Å². The lowest BCUT2D eigenvalue weighted by Crippen LogP contribution is -2.10. The molecule has 0 saturated heterocycles. The summed E-state index contributed by atoms with van der Waals surface area (Å²) in [6, 6.07) is 7.61. The predicted octanol–water partition coefficient (Wildman–Crippen LogP) is 8.82. The van der Waals surface area contributed by atoms with Crippen molar-refractivity contribution in [2.75, 3.05) is 0 Å². The Kier molecular flexibility index (Phi) is 15.6. The van der Waals surface area contributed by atoms with Crippen molar-refractivity contribution in [3.05, 3.63) is 35.4 Å². The average molecular weight is 403 g/mol. The van der Waals surface area contributed by atoms with Gasteiger partial charge in [0.15, 0.2) is 0 Å². The molecule has 0 radical (unpaired) electrons. The lowest BCUT2D eigenvalue weighted by Gasteiger charge is -2.18. The van der Waals surface area contributed by atoms with Crippen LogP contribution in [0.1, 0.15) is 133 Å². The quantitative estimate of drug-likeness (QED) is 0.235. The molecule has 1 N–H and O–H groups in total. The van der Waals surface area contributed by atoms with Gasteiger partial charge in [-0.05, 0) is 24.0 Å². The van der Waals surface area contributed by atoms with Crippen LogP contribution in [-0.2, 0) is 6.42 Å². The summed E-state index contributed by atoms with van der Waals surface area (Å²) in [6.07, 6.45) is 22.3. The van der Waals surface area contributed by atoms with E-state index >= 15 is 0 Å². The lowest BCUT2D eigenvalue weighted by molar-refractivity contribution is 0.0695. The first-order valence-corrected chi connectivity index (χ1v) is 12.5. The second kappa shape index (κ2) is 17.5. The molecule has 0 aliphatic heterocycles. The summed E-state index contributed by atoms with van der Waals surface area (Å²) in [5, 5.41) is 9.51. The maximum atomic E-state index is 11.6. The molecular weight excluding hydrogens is 356 g/mol. The highest BCUT2D eigenvalue weighted by atomic mass is 16.4. The van der Waals surface area contributed by atoms with E-state index in [4.69, 9.17) is 0 Å². The molecule has 1 rings (SSSR count). The molecule has 1 aromatic carbocycles. The van der Waals surface area contributed by atoms with Gasteiger partial charge in [-0.15, -0.1) is 0 Å². The Morgan fingerprint density at radius 1 is 0.724 bits per heavy atom. The molecule has 1 unspecified atom stereocenters. The first-order chi connectivity index (χ1) is 14.2. The third kappa shape index (κ3) is 12.8. The molecule has 0 bridgehead atoms. The Labute approximate surface area is 180 Å². The number of carboxylic acids is 1. The van der Waals surface area contributed by atoms with E-state index in [9.17, 15) is 9.90 Å². The molecule has 0 spiro atoms. The minimum atomic E-state index is -0.786. The summed E-state index contributed by atoms with van der Waals surface area (Å²) in [6.45, 7) is 4.53. The average Bonchev–Trinajstić information content (AvgIpc) is 2.72. The molecule has 2 heteroatoms. The van der Waals surface area contributed by atoms with Gasteiger partial charge >= 0.3 is 5.97 Å². The number of carboxylic acid groups (broad SMARTS) is 1. The van der Waals surface area contributed by atoms with Crippen LogP contribution in [0.2, 0.25) is 0 Å². The Morgan fingerprint density at radius 3 is 1.66 bits per heavy atom. The number of unbranched alkanes of at least 4 members (excludes halogenated alkanes) is 12. The predicted molar refractivity (Wildman–Crippen MR) is 126 cm³/mol. The smallest absolute Gasteiger partial charge is 0.335 e. The van der Waals surface area contributed by atoms with Gasteiger partial charge in [0, 0.05) is 0 Å².